The van der Waals surface area contributed by atoms with E-state index < -0.39 is 0 Å². The van der Waals surface area contributed by atoms with Crippen LogP contribution < -0.4 is 4.90 Å². The van der Waals surface area contributed by atoms with Crippen LogP contribution in [0.1, 0.15) is 36.1 Å². The Morgan fingerprint density at radius 1 is 0.964 bits per heavy atom. The molecule has 2 aromatic heterocycles. The number of aromatic nitrogens is 3. The van der Waals surface area contributed by atoms with E-state index >= 15 is 0 Å². The predicted molar refractivity (Wildman–Crippen MR) is 110 cm³/mol. The Morgan fingerprint density at radius 3 is 2.57 bits per heavy atom. The summed E-state index contributed by atoms with van der Waals surface area (Å²) in [4.78, 5) is 21.5. The van der Waals surface area contributed by atoms with Crippen molar-refractivity contribution in [2.45, 2.75) is 44.7 Å². The lowest BCUT2D eigenvalue weighted by Gasteiger charge is -2.43. The van der Waals surface area contributed by atoms with E-state index in [2.05, 4.69) is 31.9 Å². The molecule has 2 fully saturated rings. The molecule has 0 atom stereocenters. The van der Waals surface area contributed by atoms with Gasteiger partial charge in [-0.1, -0.05) is 12.5 Å². The van der Waals surface area contributed by atoms with Crippen molar-refractivity contribution in [1.29, 1.82) is 0 Å². The van der Waals surface area contributed by atoms with Gasteiger partial charge in [0.2, 0.25) is 5.95 Å². The average molecular weight is 379 g/mol. The number of anilines is 1. The molecule has 0 amide bonds. The van der Waals surface area contributed by atoms with Gasteiger partial charge in [-0.25, -0.2) is 9.97 Å². The molecule has 0 bridgehead atoms. The minimum absolute atomic E-state index is 0.848. The van der Waals surface area contributed by atoms with Crippen LogP contribution in [0, 0.1) is 0 Å². The molecule has 148 valence electrons. The molecule has 6 heteroatoms. The molecule has 4 heterocycles. The third-order valence-corrected chi connectivity index (χ3v) is 6.62. The summed E-state index contributed by atoms with van der Waals surface area (Å²) in [6.45, 7) is 7.50. The Hall–Kier alpha value is -2.05. The molecule has 3 aliphatic rings. The van der Waals surface area contributed by atoms with Crippen LogP contribution in [0.25, 0.3) is 0 Å². The first-order valence-electron chi connectivity index (χ1n) is 10.8. The molecule has 2 aliphatic heterocycles. The van der Waals surface area contributed by atoms with Gasteiger partial charge in [0.15, 0.2) is 0 Å². The van der Waals surface area contributed by atoms with Gasteiger partial charge in [0.05, 0.1) is 5.69 Å². The smallest absolute Gasteiger partial charge is 0.225 e. The summed E-state index contributed by atoms with van der Waals surface area (Å²) in [5.74, 6) is 0.938. The number of pyridine rings is 1. The Balaban J connectivity index is 1.21. The second kappa shape index (κ2) is 8.13. The van der Waals surface area contributed by atoms with Crippen LogP contribution in [-0.2, 0) is 19.4 Å². The maximum Gasteiger partial charge on any atom is 0.225 e. The first-order valence-corrected chi connectivity index (χ1v) is 10.8. The van der Waals surface area contributed by atoms with Crippen molar-refractivity contribution in [2.75, 3.05) is 44.2 Å². The van der Waals surface area contributed by atoms with Gasteiger partial charge in [-0.3, -0.25) is 14.8 Å². The highest BCUT2D eigenvalue weighted by Gasteiger charge is 2.29. The summed E-state index contributed by atoms with van der Waals surface area (Å²) in [5, 5.41) is 0. The second-order valence-corrected chi connectivity index (χ2v) is 8.39. The van der Waals surface area contributed by atoms with Crippen molar-refractivity contribution in [2.24, 2.45) is 0 Å². The number of hydrogen-bond donors (Lipinski definition) is 0. The SMILES string of the molecule is c1cncc(CN2CCc3cnc(N4CCN(C5CCC5)CC4)nc3CC2)c1. The van der Waals surface area contributed by atoms with Crippen LogP contribution in [0.15, 0.2) is 30.7 Å². The normalized spacial score (nSPS) is 21.8. The summed E-state index contributed by atoms with van der Waals surface area (Å²) in [7, 11) is 0. The zero-order valence-corrected chi connectivity index (χ0v) is 16.6. The van der Waals surface area contributed by atoms with Gasteiger partial charge in [0.1, 0.15) is 0 Å². The molecule has 28 heavy (non-hydrogen) atoms. The molecule has 0 unspecified atom stereocenters. The lowest BCUT2D eigenvalue weighted by molar-refractivity contribution is 0.120. The molecular weight excluding hydrogens is 348 g/mol. The standard InChI is InChI=1S/C22H30N6/c1-4-20(5-1)27-11-13-28(14-12-27)22-24-16-19-6-9-26(10-7-21(19)25-22)17-18-3-2-8-23-15-18/h2-3,8,15-16,20H,1,4-7,9-14,17H2. The highest BCUT2D eigenvalue weighted by molar-refractivity contribution is 5.35. The van der Waals surface area contributed by atoms with E-state index in [1.54, 1.807) is 0 Å². The molecule has 1 aliphatic carbocycles. The molecule has 5 rings (SSSR count). The summed E-state index contributed by atoms with van der Waals surface area (Å²) >= 11 is 0. The molecule has 6 nitrogen and oxygen atoms in total. The zero-order chi connectivity index (χ0) is 18.8. The number of rotatable bonds is 4. The minimum Gasteiger partial charge on any atom is -0.338 e. The van der Waals surface area contributed by atoms with Crippen molar-refractivity contribution < 1.29 is 0 Å². The third kappa shape index (κ3) is 3.89. The van der Waals surface area contributed by atoms with E-state index in [0.717, 1.165) is 70.6 Å². The molecule has 0 N–H and O–H groups in total. The van der Waals surface area contributed by atoms with Crippen molar-refractivity contribution in [3.63, 3.8) is 0 Å². The van der Waals surface area contributed by atoms with Gasteiger partial charge in [0.25, 0.3) is 0 Å². The van der Waals surface area contributed by atoms with Crippen LogP contribution in [0.4, 0.5) is 5.95 Å². The first kappa shape index (κ1) is 18.0. The number of fused-ring (bicyclic) bond motifs is 1. The Morgan fingerprint density at radius 2 is 1.82 bits per heavy atom. The number of nitrogens with zero attached hydrogens (tertiary/aromatic N) is 6. The zero-order valence-electron chi connectivity index (χ0n) is 16.6. The van der Waals surface area contributed by atoms with Crippen LogP contribution in [-0.4, -0.2) is 70.1 Å². The summed E-state index contributed by atoms with van der Waals surface area (Å²) in [6.07, 6.45) is 12.1. The number of hydrogen-bond acceptors (Lipinski definition) is 6. The summed E-state index contributed by atoms with van der Waals surface area (Å²) in [5.41, 5.74) is 3.86. The van der Waals surface area contributed by atoms with Gasteiger partial charge in [-0.15, -0.1) is 0 Å². The maximum absolute atomic E-state index is 5.00. The Labute approximate surface area is 167 Å². The fourth-order valence-corrected chi connectivity index (χ4v) is 4.61. The topological polar surface area (TPSA) is 48.4 Å². The van der Waals surface area contributed by atoms with Gasteiger partial charge < -0.3 is 4.90 Å². The average Bonchev–Trinajstić information content (AvgIpc) is 2.90. The van der Waals surface area contributed by atoms with Crippen LogP contribution in [0.2, 0.25) is 0 Å². The van der Waals surface area contributed by atoms with Crippen molar-refractivity contribution in [3.05, 3.63) is 47.5 Å². The van der Waals surface area contributed by atoms with Crippen LogP contribution in [0.3, 0.4) is 0 Å². The molecule has 0 aromatic carbocycles. The summed E-state index contributed by atoms with van der Waals surface area (Å²) < 4.78 is 0. The first-order chi connectivity index (χ1) is 13.8. The third-order valence-electron chi connectivity index (χ3n) is 6.62. The lowest BCUT2D eigenvalue weighted by atomic mass is 9.91. The van der Waals surface area contributed by atoms with Crippen molar-refractivity contribution in [3.8, 4) is 0 Å². The molecule has 1 saturated carbocycles. The molecule has 2 aromatic rings. The molecule has 0 spiro atoms. The van der Waals surface area contributed by atoms with E-state index in [1.165, 1.54) is 36.1 Å². The van der Waals surface area contributed by atoms with Gasteiger partial charge in [0, 0.05) is 76.9 Å². The molecular formula is C22H30N6. The highest BCUT2D eigenvalue weighted by atomic mass is 15.3. The predicted octanol–water partition coefficient (Wildman–Crippen LogP) is 2.15. The van der Waals surface area contributed by atoms with Crippen LogP contribution >= 0.6 is 0 Å². The maximum atomic E-state index is 5.00. The van der Waals surface area contributed by atoms with Gasteiger partial charge in [-0.05, 0) is 36.5 Å². The summed E-state index contributed by atoms with van der Waals surface area (Å²) in [6, 6.07) is 5.03. The van der Waals surface area contributed by atoms with E-state index in [-0.39, 0.29) is 0 Å². The fraction of sp³-hybridized carbons (Fsp3) is 0.591. The lowest BCUT2D eigenvalue weighted by Crippen LogP contribution is -2.52. The highest BCUT2D eigenvalue weighted by Crippen LogP contribution is 2.26. The van der Waals surface area contributed by atoms with Gasteiger partial charge in [-0.2, -0.15) is 0 Å². The quantitative estimate of drug-likeness (QED) is 0.813. The van der Waals surface area contributed by atoms with Crippen LogP contribution in [0.5, 0.6) is 0 Å². The van der Waals surface area contributed by atoms with E-state index in [1.807, 2.05) is 18.5 Å². The minimum atomic E-state index is 0.848. The Kier molecular flexibility index (Phi) is 5.23. The van der Waals surface area contributed by atoms with Crippen molar-refractivity contribution in [1.82, 2.24) is 24.8 Å². The van der Waals surface area contributed by atoms with E-state index in [0.29, 0.717) is 0 Å². The Bertz CT molecular complexity index is 783. The van der Waals surface area contributed by atoms with E-state index in [9.17, 15) is 0 Å². The largest absolute Gasteiger partial charge is 0.338 e. The second-order valence-electron chi connectivity index (χ2n) is 8.39. The number of piperazine rings is 1. The molecule has 0 radical (unpaired) electrons. The fourth-order valence-electron chi connectivity index (χ4n) is 4.61. The van der Waals surface area contributed by atoms with Gasteiger partial charge >= 0.3 is 0 Å². The van der Waals surface area contributed by atoms with Crippen molar-refractivity contribution >= 4 is 5.95 Å². The molecule has 1 saturated heterocycles. The monoisotopic (exact) mass is 378 g/mol. The van der Waals surface area contributed by atoms with E-state index in [4.69, 9.17) is 9.97 Å².